The molecule has 1 aliphatic heterocycles. The summed E-state index contributed by atoms with van der Waals surface area (Å²) in [4.78, 5) is 11.5. The third-order valence-electron chi connectivity index (χ3n) is 2.56. The van der Waals surface area contributed by atoms with Crippen LogP contribution in [0.15, 0.2) is 12.1 Å². The van der Waals surface area contributed by atoms with E-state index in [0.717, 1.165) is 23.5 Å². The lowest BCUT2D eigenvalue weighted by Crippen LogP contribution is -2.09. The van der Waals surface area contributed by atoms with Crippen LogP contribution in [0.2, 0.25) is 0 Å². The van der Waals surface area contributed by atoms with Gasteiger partial charge in [0.1, 0.15) is 11.5 Å². The van der Waals surface area contributed by atoms with E-state index in [1.54, 1.807) is 12.1 Å². The number of methoxy groups -OCH3 is 1. The summed E-state index contributed by atoms with van der Waals surface area (Å²) in [5, 5.41) is 0. The minimum atomic E-state index is -0.378. The van der Waals surface area contributed by atoms with Crippen molar-refractivity contribution in [1.29, 1.82) is 0 Å². The monoisotopic (exact) mass is 236 g/mol. The Hall–Kier alpha value is -1.71. The molecule has 0 radical (unpaired) electrons. The average molecular weight is 236 g/mol. The Morgan fingerprint density at radius 2 is 2.18 bits per heavy atom. The molecule has 17 heavy (non-hydrogen) atoms. The van der Waals surface area contributed by atoms with Crippen LogP contribution in [0.1, 0.15) is 29.8 Å². The van der Waals surface area contributed by atoms with Crippen molar-refractivity contribution in [3.63, 3.8) is 0 Å². The molecule has 92 valence electrons. The molecule has 0 aliphatic carbocycles. The topological polar surface area (TPSA) is 44.8 Å². The van der Waals surface area contributed by atoms with Gasteiger partial charge in [0.05, 0.1) is 25.4 Å². The molecule has 1 aliphatic rings. The molecule has 0 N–H and O–H groups in total. The van der Waals surface area contributed by atoms with E-state index in [0.29, 0.717) is 12.2 Å². The Bertz CT molecular complexity index is 437. The average Bonchev–Trinajstić information content (AvgIpc) is 2.75. The maximum atomic E-state index is 11.5. The van der Waals surface area contributed by atoms with Crippen molar-refractivity contribution in [3.05, 3.63) is 23.3 Å². The van der Waals surface area contributed by atoms with Crippen molar-refractivity contribution in [2.24, 2.45) is 0 Å². The van der Waals surface area contributed by atoms with Crippen LogP contribution in [0.3, 0.4) is 0 Å². The molecule has 1 heterocycles. The van der Waals surface area contributed by atoms with Crippen LogP contribution in [0.25, 0.3) is 0 Å². The highest BCUT2D eigenvalue weighted by molar-refractivity contribution is 5.90. The number of carbonyl (C=O) groups excluding carboxylic acids is 1. The van der Waals surface area contributed by atoms with Crippen molar-refractivity contribution in [2.75, 3.05) is 13.7 Å². The van der Waals surface area contributed by atoms with Gasteiger partial charge >= 0.3 is 5.97 Å². The van der Waals surface area contributed by atoms with Crippen LogP contribution in [-0.2, 0) is 11.2 Å². The van der Waals surface area contributed by atoms with Crippen molar-refractivity contribution in [3.8, 4) is 11.5 Å². The van der Waals surface area contributed by atoms with Gasteiger partial charge in [0, 0.05) is 12.0 Å². The van der Waals surface area contributed by atoms with Gasteiger partial charge in [0.25, 0.3) is 0 Å². The predicted octanol–water partition coefficient (Wildman–Crippen LogP) is 2.20. The zero-order valence-electron chi connectivity index (χ0n) is 10.3. The maximum absolute atomic E-state index is 11.5. The lowest BCUT2D eigenvalue weighted by molar-refractivity contribution is 0.0599. The van der Waals surface area contributed by atoms with E-state index >= 15 is 0 Å². The summed E-state index contributed by atoms with van der Waals surface area (Å²) in [7, 11) is 1.36. The third-order valence-corrected chi connectivity index (χ3v) is 2.56. The molecule has 0 unspecified atom stereocenters. The van der Waals surface area contributed by atoms with E-state index < -0.39 is 0 Å². The molecule has 4 heteroatoms. The number of esters is 1. The minimum Gasteiger partial charge on any atom is -0.493 e. The summed E-state index contributed by atoms with van der Waals surface area (Å²) < 4.78 is 15.9. The molecule has 0 aromatic heterocycles. The molecule has 0 saturated heterocycles. The fraction of sp³-hybridized carbons (Fsp3) is 0.462. The highest BCUT2D eigenvalue weighted by atomic mass is 16.5. The number of rotatable bonds is 3. The zero-order chi connectivity index (χ0) is 12.4. The Kier molecular flexibility index (Phi) is 3.22. The first-order valence-electron chi connectivity index (χ1n) is 5.66. The van der Waals surface area contributed by atoms with Gasteiger partial charge < -0.3 is 14.2 Å². The van der Waals surface area contributed by atoms with Crippen molar-refractivity contribution in [2.45, 2.75) is 26.4 Å². The van der Waals surface area contributed by atoms with E-state index in [4.69, 9.17) is 14.2 Å². The summed E-state index contributed by atoms with van der Waals surface area (Å²) in [6, 6.07) is 3.43. The highest BCUT2D eigenvalue weighted by Crippen LogP contribution is 2.35. The zero-order valence-corrected chi connectivity index (χ0v) is 10.3. The summed E-state index contributed by atoms with van der Waals surface area (Å²) in [6.45, 7) is 4.54. The molecule has 0 saturated carbocycles. The molecule has 0 spiro atoms. The highest BCUT2D eigenvalue weighted by Gasteiger charge is 2.21. The standard InChI is InChI=1S/C13H16O4/c1-8(2)17-12-7-9(13(14)15-3)6-11-10(12)4-5-16-11/h6-8H,4-5H2,1-3H3. The predicted molar refractivity (Wildman–Crippen MR) is 62.7 cm³/mol. The second-order valence-electron chi connectivity index (χ2n) is 4.21. The number of benzene rings is 1. The van der Waals surface area contributed by atoms with Crippen LogP contribution < -0.4 is 9.47 Å². The van der Waals surface area contributed by atoms with Gasteiger partial charge in [-0.3, -0.25) is 0 Å². The van der Waals surface area contributed by atoms with E-state index in [-0.39, 0.29) is 12.1 Å². The number of fused-ring (bicyclic) bond motifs is 1. The van der Waals surface area contributed by atoms with E-state index in [1.807, 2.05) is 13.8 Å². The summed E-state index contributed by atoms with van der Waals surface area (Å²) in [5.74, 6) is 1.07. The molecule has 2 rings (SSSR count). The lowest BCUT2D eigenvalue weighted by Gasteiger charge is -2.14. The van der Waals surface area contributed by atoms with Crippen LogP contribution >= 0.6 is 0 Å². The van der Waals surface area contributed by atoms with Crippen LogP contribution in [0.5, 0.6) is 11.5 Å². The first kappa shape index (κ1) is 11.8. The fourth-order valence-corrected chi connectivity index (χ4v) is 1.85. The second-order valence-corrected chi connectivity index (χ2v) is 4.21. The Labute approximate surface area is 100 Å². The molecular weight excluding hydrogens is 220 g/mol. The second kappa shape index (κ2) is 4.65. The largest absolute Gasteiger partial charge is 0.493 e. The normalized spacial score (nSPS) is 13.2. The number of hydrogen-bond acceptors (Lipinski definition) is 4. The first-order valence-corrected chi connectivity index (χ1v) is 5.66. The summed E-state index contributed by atoms with van der Waals surface area (Å²) in [5.41, 5.74) is 1.50. The van der Waals surface area contributed by atoms with Gasteiger partial charge in [-0.1, -0.05) is 0 Å². The van der Waals surface area contributed by atoms with Crippen molar-refractivity contribution < 1.29 is 19.0 Å². The molecule has 0 atom stereocenters. The Morgan fingerprint density at radius 1 is 1.41 bits per heavy atom. The SMILES string of the molecule is COC(=O)c1cc2c(c(OC(C)C)c1)CCO2. The molecule has 0 bridgehead atoms. The molecule has 1 aromatic carbocycles. The van der Waals surface area contributed by atoms with Crippen molar-refractivity contribution >= 4 is 5.97 Å². The van der Waals surface area contributed by atoms with Gasteiger partial charge in [-0.2, -0.15) is 0 Å². The third kappa shape index (κ3) is 2.35. The molecule has 1 aromatic rings. The summed E-state index contributed by atoms with van der Waals surface area (Å²) in [6.07, 6.45) is 0.881. The maximum Gasteiger partial charge on any atom is 0.338 e. The van der Waals surface area contributed by atoms with Crippen LogP contribution in [0.4, 0.5) is 0 Å². The van der Waals surface area contributed by atoms with E-state index in [1.165, 1.54) is 7.11 Å². The number of carbonyl (C=O) groups is 1. The van der Waals surface area contributed by atoms with Gasteiger partial charge in [-0.05, 0) is 26.0 Å². The number of hydrogen-bond donors (Lipinski definition) is 0. The smallest absolute Gasteiger partial charge is 0.338 e. The van der Waals surface area contributed by atoms with Gasteiger partial charge in [-0.25, -0.2) is 4.79 Å². The fourth-order valence-electron chi connectivity index (χ4n) is 1.85. The quantitative estimate of drug-likeness (QED) is 0.755. The van der Waals surface area contributed by atoms with E-state index in [2.05, 4.69) is 0 Å². The molecule has 0 amide bonds. The lowest BCUT2D eigenvalue weighted by atomic mass is 10.1. The van der Waals surface area contributed by atoms with E-state index in [9.17, 15) is 4.79 Å². The summed E-state index contributed by atoms with van der Waals surface area (Å²) >= 11 is 0. The number of ether oxygens (including phenoxy) is 3. The Balaban J connectivity index is 2.42. The molecule has 4 nitrogen and oxygen atoms in total. The molecular formula is C13H16O4. The van der Waals surface area contributed by atoms with Crippen LogP contribution in [-0.4, -0.2) is 25.8 Å². The minimum absolute atomic E-state index is 0.0626. The van der Waals surface area contributed by atoms with Gasteiger partial charge in [0.2, 0.25) is 0 Å². The van der Waals surface area contributed by atoms with Gasteiger partial charge in [-0.15, -0.1) is 0 Å². The van der Waals surface area contributed by atoms with Crippen LogP contribution in [0, 0.1) is 0 Å². The van der Waals surface area contributed by atoms with Gasteiger partial charge in [0.15, 0.2) is 0 Å². The van der Waals surface area contributed by atoms with Crippen molar-refractivity contribution in [1.82, 2.24) is 0 Å². The first-order chi connectivity index (χ1) is 8.11. The molecule has 0 fully saturated rings. The Morgan fingerprint density at radius 3 is 2.82 bits per heavy atom.